The topological polar surface area (TPSA) is 37.0 Å². The first kappa shape index (κ1) is 10.6. The van der Waals surface area contributed by atoms with Gasteiger partial charge in [0.1, 0.15) is 11.6 Å². The van der Waals surface area contributed by atoms with Crippen molar-refractivity contribution in [3.05, 3.63) is 18.2 Å². The highest BCUT2D eigenvalue weighted by Gasteiger charge is 1.93. The zero-order valence-electron chi connectivity index (χ0n) is 6.33. The van der Waals surface area contributed by atoms with Crippen LogP contribution in [0.2, 0.25) is 0 Å². The first-order chi connectivity index (χ1) is 5.86. The van der Waals surface area contributed by atoms with Crippen LogP contribution in [-0.2, 0) is 0 Å². The maximum absolute atomic E-state index is 4.32. The molecule has 12 heavy (non-hydrogen) atoms. The third-order valence-electron chi connectivity index (χ3n) is 1.15. The van der Waals surface area contributed by atoms with E-state index in [0.29, 0.717) is 16.8 Å². The van der Waals surface area contributed by atoms with Gasteiger partial charge in [0.2, 0.25) is 0 Å². The Kier molecular flexibility index (Phi) is 5.28. The SMILES string of the molecule is PPNc1cccc(NPP)n1. The highest BCUT2D eigenvalue weighted by atomic mass is 32.0. The summed E-state index contributed by atoms with van der Waals surface area (Å²) in [7, 11) is 6.46. The molecule has 1 aromatic rings. The van der Waals surface area contributed by atoms with Crippen molar-refractivity contribution in [1.29, 1.82) is 0 Å². The summed E-state index contributed by atoms with van der Waals surface area (Å²) in [6, 6.07) is 5.88. The minimum Gasteiger partial charge on any atom is -0.348 e. The van der Waals surface area contributed by atoms with Gasteiger partial charge in [-0.1, -0.05) is 23.9 Å². The van der Waals surface area contributed by atoms with Gasteiger partial charge in [0.25, 0.3) is 0 Å². The Hall–Kier alpha value is 0.470. The molecule has 0 amide bonds. The molecule has 4 unspecified atom stereocenters. The molecule has 1 aromatic heterocycles. The Morgan fingerprint density at radius 2 is 1.58 bits per heavy atom. The maximum Gasteiger partial charge on any atom is 0.131 e. The van der Waals surface area contributed by atoms with Gasteiger partial charge in [-0.15, -0.1) is 0 Å². The Bertz CT molecular complexity index is 223. The Balaban J connectivity index is 2.67. The van der Waals surface area contributed by atoms with Crippen molar-refractivity contribution in [2.75, 3.05) is 10.2 Å². The van der Waals surface area contributed by atoms with Crippen LogP contribution < -0.4 is 10.2 Å². The van der Waals surface area contributed by atoms with Crippen molar-refractivity contribution in [2.45, 2.75) is 0 Å². The van der Waals surface area contributed by atoms with Crippen molar-refractivity contribution in [3.63, 3.8) is 0 Å². The zero-order valence-corrected chi connectivity index (χ0v) is 10.6. The number of rotatable bonds is 4. The highest BCUT2D eigenvalue weighted by molar-refractivity contribution is 8.03. The van der Waals surface area contributed by atoms with Crippen molar-refractivity contribution < 1.29 is 0 Å². The molecule has 0 aromatic carbocycles. The van der Waals surface area contributed by atoms with Crippen molar-refractivity contribution in [2.24, 2.45) is 0 Å². The fraction of sp³-hybridized carbons (Fsp3) is 0. The van der Waals surface area contributed by atoms with Gasteiger partial charge >= 0.3 is 0 Å². The molecular formula is C5H11N3P4. The molecule has 1 rings (SSSR count). The average molecular weight is 237 g/mol. The van der Waals surface area contributed by atoms with Crippen LogP contribution in [0.25, 0.3) is 0 Å². The van der Waals surface area contributed by atoms with Gasteiger partial charge in [-0.2, -0.15) is 0 Å². The lowest BCUT2D eigenvalue weighted by Gasteiger charge is -2.04. The maximum atomic E-state index is 4.32. The van der Waals surface area contributed by atoms with E-state index in [1.54, 1.807) is 0 Å². The molecule has 0 aliphatic carbocycles. The fourth-order valence-electron chi connectivity index (χ4n) is 0.722. The van der Waals surface area contributed by atoms with E-state index in [-0.39, 0.29) is 0 Å². The second-order valence-electron chi connectivity index (χ2n) is 1.95. The largest absolute Gasteiger partial charge is 0.348 e. The number of nitrogens with one attached hydrogen (secondary N) is 2. The third kappa shape index (κ3) is 3.46. The predicted octanol–water partition coefficient (Wildman–Crippen LogP) is 2.67. The number of hydrogen-bond acceptors (Lipinski definition) is 3. The molecule has 3 nitrogen and oxygen atoms in total. The monoisotopic (exact) mass is 237 g/mol. The quantitative estimate of drug-likeness (QED) is 0.790. The van der Waals surface area contributed by atoms with Gasteiger partial charge in [0.05, 0.1) is 0 Å². The van der Waals surface area contributed by atoms with Crippen LogP contribution in [0.5, 0.6) is 0 Å². The molecular weight excluding hydrogens is 226 g/mol. The lowest BCUT2D eigenvalue weighted by atomic mass is 10.4. The van der Waals surface area contributed by atoms with Gasteiger partial charge in [0, 0.05) is 0 Å². The summed E-state index contributed by atoms with van der Waals surface area (Å²) in [4.78, 5) is 4.32. The minimum atomic E-state index is 0.607. The summed E-state index contributed by atoms with van der Waals surface area (Å²) >= 11 is 0. The van der Waals surface area contributed by atoms with Crippen molar-refractivity contribution >= 4 is 46.3 Å². The van der Waals surface area contributed by atoms with E-state index in [1.165, 1.54) is 0 Å². The second kappa shape index (κ2) is 6.01. The van der Waals surface area contributed by atoms with Crippen LogP contribution in [0.3, 0.4) is 0 Å². The minimum absolute atomic E-state index is 0.607. The van der Waals surface area contributed by atoms with E-state index < -0.39 is 0 Å². The molecule has 0 radical (unpaired) electrons. The summed E-state index contributed by atoms with van der Waals surface area (Å²) in [5, 5.41) is 6.28. The number of hydrogen-bond donors (Lipinski definition) is 2. The Morgan fingerprint density at radius 3 is 2.00 bits per heavy atom. The first-order valence-corrected chi connectivity index (χ1v) is 8.89. The summed E-state index contributed by atoms with van der Waals surface area (Å²) in [5.74, 6) is 1.83. The molecule has 2 N–H and O–H groups in total. The van der Waals surface area contributed by atoms with E-state index in [0.717, 1.165) is 11.6 Å². The zero-order chi connectivity index (χ0) is 8.81. The molecule has 0 aliphatic rings. The summed E-state index contributed by atoms with van der Waals surface area (Å²) < 4.78 is 0. The second-order valence-corrected chi connectivity index (χ2v) is 4.76. The molecule has 0 spiro atoms. The van der Waals surface area contributed by atoms with Gasteiger partial charge in [0.15, 0.2) is 0 Å². The van der Waals surface area contributed by atoms with Crippen LogP contribution in [-0.4, -0.2) is 4.98 Å². The molecule has 0 saturated carbocycles. The molecule has 0 bridgehead atoms. The van der Waals surface area contributed by atoms with Crippen molar-refractivity contribution in [3.8, 4) is 0 Å². The van der Waals surface area contributed by atoms with Gasteiger partial charge in [-0.25, -0.2) is 4.98 Å². The van der Waals surface area contributed by atoms with E-state index >= 15 is 0 Å². The van der Waals surface area contributed by atoms with E-state index in [4.69, 9.17) is 0 Å². The van der Waals surface area contributed by atoms with E-state index in [9.17, 15) is 0 Å². The average Bonchev–Trinajstić information content (AvgIpc) is 2.06. The number of aromatic nitrogens is 1. The van der Waals surface area contributed by atoms with Gasteiger partial charge < -0.3 is 10.2 Å². The third-order valence-corrected chi connectivity index (χ3v) is 2.82. The van der Waals surface area contributed by atoms with E-state index in [2.05, 4.69) is 33.0 Å². The molecule has 0 fully saturated rings. The normalized spacial score (nSPS) is 11.5. The van der Waals surface area contributed by atoms with Gasteiger partial charge in [-0.05, 0) is 29.0 Å². The van der Waals surface area contributed by atoms with Crippen molar-refractivity contribution in [1.82, 2.24) is 4.98 Å². The lowest BCUT2D eigenvalue weighted by Crippen LogP contribution is -1.90. The van der Waals surface area contributed by atoms with Crippen LogP contribution >= 0.6 is 34.7 Å². The molecule has 7 heteroatoms. The number of anilines is 2. The summed E-state index contributed by atoms with van der Waals surface area (Å²) in [5.41, 5.74) is 0. The molecule has 4 atom stereocenters. The fourth-order valence-corrected chi connectivity index (χ4v) is 2.18. The Morgan fingerprint density at radius 1 is 1.08 bits per heavy atom. The van der Waals surface area contributed by atoms with Crippen LogP contribution in [0.1, 0.15) is 0 Å². The van der Waals surface area contributed by atoms with Crippen LogP contribution in [0.15, 0.2) is 18.2 Å². The lowest BCUT2D eigenvalue weighted by molar-refractivity contribution is 1.34. The Labute approximate surface area is 80.1 Å². The molecule has 1 heterocycles. The first-order valence-electron chi connectivity index (χ1n) is 3.27. The molecule has 66 valence electrons. The predicted molar refractivity (Wildman–Crippen MR) is 67.5 cm³/mol. The van der Waals surface area contributed by atoms with Gasteiger partial charge in [-0.3, -0.25) is 0 Å². The summed E-state index contributed by atoms with van der Waals surface area (Å²) in [6.45, 7) is 0. The molecule has 0 aliphatic heterocycles. The summed E-state index contributed by atoms with van der Waals surface area (Å²) in [6.07, 6.45) is 0. The number of pyridine rings is 1. The van der Waals surface area contributed by atoms with E-state index in [1.807, 2.05) is 18.2 Å². The smallest absolute Gasteiger partial charge is 0.131 e. The molecule has 0 saturated heterocycles. The van der Waals surface area contributed by atoms with Crippen LogP contribution in [0, 0.1) is 0 Å². The highest BCUT2D eigenvalue weighted by Crippen LogP contribution is 2.25. The number of nitrogens with zero attached hydrogens (tertiary/aromatic N) is 1. The standard InChI is InChI=1S/C5H11N3P4/c9-11-7-4-2-1-3-5(6-4)8-12-10/h1-3,11-12H,9-10H2,(H2,6,7,8). The van der Waals surface area contributed by atoms with Crippen LogP contribution in [0.4, 0.5) is 11.6 Å².